The van der Waals surface area contributed by atoms with Crippen molar-refractivity contribution in [2.45, 2.75) is 12.8 Å². The summed E-state index contributed by atoms with van der Waals surface area (Å²) in [5.41, 5.74) is 5.52. The maximum atomic E-state index is 5.52. The van der Waals surface area contributed by atoms with Crippen LogP contribution in [0.2, 0.25) is 0 Å². The van der Waals surface area contributed by atoms with E-state index in [0.717, 1.165) is 17.3 Å². The van der Waals surface area contributed by atoms with Gasteiger partial charge in [-0.2, -0.15) is 12.6 Å². The van der Waals surface area contributed by atoms with E-state index in [1.54, 1.807) is 0 Å². The third-order valence-electron chi connectivity index (χ3n) is 1.67. The van der Waals surface area contributed by atoms with Gasteiger partial charge in [-0.3, -0.25) is 0 Å². The minimum atomic E-state index is 0.257. The Morgan fingerprint density at radius 3 is 2.73 bits per heavy atom. The van der Waals surface area contributed by atoms with E-state index in [9.17, 15) is 0 Å². The number of aryl methyl sites for hydroxylation is 1. The van der Waals surface area contributed by atoms with Crippen LogP contribution >= 0.6 is 12.6 Å². The van der Waals surface area contributed by atoms with E-state index >= 15 is 0 Å². The van der Waals surface area contributed by atoms with E-state index < -0.39 is 0 Å². The summed E-state index contributed by atoms with van der Waals surface area (Å²) in [5.74, 6) is 2.87. The van der Waals surface area contributed by atoms with Gasteiger partial charge in [0.15, 0.2) is 0 Å². The molecule has 0 saturated carbocycles. The average molecular weight is 171 g/mol. The van der Waals surface area contributed by atoms with Crippen LogP contribution in [0.15, 0.2) is 16.5 Å². The van der Waals surface area contributed by atoms with E-state index in [2.05, 4.69) is 12.6 Å². The predicted molar refractivity (Wildman–Crippen MR) is 49.1 cm³/mol. The van der Waals surface area contributed by atoms with Crippen LogP contribution in [0, 0.1) is 6.92 Å². The van der Waals surface area contributed by atoms with Crippen LogP contribution in [0.5, 0.6) is 0 Å². The fourth-order valence-electron chi connectivity index (χ4n) is 0.953. The van der Waals surface area contributed by atoms with Crippen LogP contribution in [0.1, 0.15) is 17.4 Å². The molecule has 0 saturated heterocycles. The third-order valence-corrected chi connectivity index (χ3v) is 2.11. The molecule has 0 aliphatic rings. The predicted octanol–water partition coefficient (Wildman–Crippen LogP) is 1.56. The number of hydrogen-bond donors (Lipinski definition) is 2. The molecule has 0 spiro atoms. The molecule has 0 bridgehead atoms. The summed E-state index contributed by atoms with van der Waals surface area (Å²) in [5, 5.41) is 0. The normalized spacial score (nSPS) is 13.4. The van der Waals surface area contributed by atoms with E-state index in [0.29, 0.717) is 6.54 Å². The lowest BCUT2D eigenvalue weighted by atomic mass is 10.1. The Bertz CT molecular complexity index is 218. The zero-order chi connectivity index (χ0) is 8.27. The van der Waals surface area contributed by atoms with Gasteiger partial charge in [0.2, 0.25) is 0 Å². The van der Waals surface area contributed by atoms with Gasteiger partial charge < -0.3 is 10.2 Å². The molecule has 11 heavy (non-hydrogen) atoms. The van der Waals surface area contributed by atoms with Crippen LogP contribution in [0.4, 0.5) is 0 Å². The van der Waals surface area contributed by atoms with Crippen LogP contribution in [0.25, 0.3) is 0 Å². The Labute approximate surface area is 72.2 Å². The average Bonchev–Trinajstić information content (AvgIpc) is 2.39. The molecule has 3 heteroatoms. The van der Waals surface area contributed by atoms with Crippen molar-refractivity contribution in [3.8, 4) is 0 Å². The largest absolute Gasteiger partial charge is 0.466 e. The van der Waals surface area contributed by atoms with Crippen LogP contribution in [0.3, 0.4) is 0 Å². The van der Waals surface area contributed by atoms with Gasteiger partial charge >= 0.3 is 0 Å². The summed E-state index contributed by atoms with van der Waals surface area (Å²) >= 11 is 4.18. The second-order valence-electron chi connectivity index (χ2n) is 2.56. The minimum absolute atomic E-state index is 0.257. The standard InChI is InChI=1S/C8H13NOS/c1-6-2-3-8(10-6)7(4-9)5-11/h2-3,7,11H,4-5,9H2,1H3. The SMILES string of the molecule is Cc1ccc(C(CN)CS)o1. The fourth-order valence-corrected chi connectivity index (χ4v) is 1.28. The molecule has 1 heterocycles. The summed E-state index contributed by atoms with van der Waals surface area (Å²) < 4.78 is 5.40. The summed E-state index contributed by atoms with van der Waals surface area (Å²) in [6.07, 6.45) is 0. The van der Waals surface area contributed by atoms with Crippen molar-refractivity contribution in [3.05, 3.63) is 23.7 Å². The van der Waals surface area contributed by atoms with Crippen molar-refractivity contribution in [1.82, 2.24) is 0 Å². The molecule has 2 nitrogen and oxygen atoms in total. The van der Waals surface area contributed by atoms with Crippen molar-refractivity contribution < 1.29 is 4.42 Å². The monoisotopic (exact) mass is 171 g/mol. The van der Waals surface area contributed by atoms with Crippen molar-refractivity contribution >= 4 is 12.6 Å². The maximum absolute atomic E-state index is 5.52. The Balaban J connectivity index is 2.73. The number of rotatable bonds is 3. The molecule has 0 aliphatic carbocycles. The van der Waals surface area contributed by atoms with Crippen molar-refractivity contribution in [2.75, 3.05) is 12.3 Å². The topological polar surface area (TPSA) is 39.2 Å². The van der Waals surface area contributed by atoms with E-state index in [-0.39, 0.29) is 5.92 Å². The number of hydrogen-bond acceptors (Lipinski definition) is 3. The van der Waals surface area contributed by atoms with E-state index in [4.69, 9.17) is 10.2 Å². The van der Waals surface area contributed by atoms with Crippen molar-refractivity contribution in [3.63, 3.8) is 0 Å². The van der Waals surface area contributed by atoms with Crippen LogP contribution in [-0.4, -0.2) is 12.3 Å². The minimum Gasteiger partial charge on any atom is -0.466 e. The first-order valence-corrected chi connectivity index (χ1v) is 4.28. The van der Waals surface area contributed by atoms with Gasteiger partial charge in [-0.25, -0.2) is 0 Å². The van der Waals surface area contributed by atoms with E-state index in [1.807, 2.05) is 19.1 Å². The highest BCUT2D eigenvalue weighted by Gasteiger charge is 2.10. The van der Waals surface area contributed by atoms with Gasteiger partial charge in [0.25, 0.3) is 0 Å². The van der Waals surface area contributed by atoms with Gasteiger partial charge in [0.05, 0.1) is 0 Å². The highest BCUT2D eigenvalue weighted by atomic mass is 32.1. The van der Waals surface area contributed by atoms with Gasteiger partial charge in [-0.15, -0.1) is 0 Å². The Hall–Kier alpha value is -0.410. The summed E-state index contributed by atoms with van der Waals surface area (Å²) in [7, 11) is 0. The molecule has 1 aromatic heterocycles. The number of thiol groups is 1. The summed E-state index contributed by atoms with van der Waals surface area (Å²) in [6.45, 7) is 2.52. The van der Waals surface area contributed by atoms with Gasteiger partial charge in [0, 0.05) is 18.2 Å². The van der Waals surface area contributed by atoms with Crippen LogP contribution in [-0.2, 0) is 0 Å². The molecule has 2 N–H and O–H groups in total. The highest BCUT2D eigenvalue weighted by Crippen LogP contribution is 2.18. The smallest absolute Gasteiger partial charge is 0.109 e. The molecule has 0 aliphatic heterocycles. The van der Waals surface area contributed by atoms with Crippen LogP contribution < -0.4 is 5.73 Å². The van der Waals surface area contributed by atoms with E-state index in [1.165, 1.54) is 0 Å². The van der Waals surface area contributed by atoms with Crippen molar-refractivity contribution in [1.29, 1.82) is 0 Å². The Morgan fingerprint density at radius 1 is 1.64 bits per heavy atom. The zero-order valence-electron chi connectivity index (χ0n) is 6.58. The maximum Gasteiger partial charge on any atom is 0.109 e. The molecule has 1 aromatic rings. The number of nitrogens with two attached hydrogens (primary N) is 1. The highest BCUT2D eigenvalue weighted by molar-refractivity contribution is 7.80. The number of furan rings is 1. The molecule has 1 atom stereocenters. The van der Waals surface area contributed by atoms with Gasteiger partial charge in [0.1, 0.15) is 11.5 Å². The fraction of sp³-hybridized carbons (Fsp3) is 0.500. The van der Waals surface area contributed by atoms with Gasteiger partial charge in [-0.05, 0) is 19.1 Å². The Morgan fingerprint density at radius 2 is 2.36 bits per heavy atom. The second kappa shape index (κ2) is 3.83. The molecular formula is C8H13NOS. The lowest BCUT2D eigenvalue weighted by Gasteiger charge is -2.06. The van der Waals surface area contributed by atoms with Gasteiger partial charge in [-0.1, -0.05) is 0 Å². The summed E-state index contributed by atoms with van der Waals surface area (Å²) in [6, 6.07) is 3.91. The molecule has 62 valence electrons. The molecule has 0 radical (unpaired) electrons. The molecular weight excluding hydrogens is 158 g/mol. The molecule has 1 unspecified atom stereocenters. The first kappa shape index (κ1) is 8.68. The van der Waals surface area contributed by atoms with Crippen molar-refractivity contribution in [2.24, 2.45) is 5.73 Å². The molecule has 0 fully saturated rings. The summed E-state index contributed by atoms with van der Waals surface area (Å²) in [4.78, 5) is 0. The Kier molecular flexibility index (Phi) is 3.02. The molecule has 0 amide bonds. The zero-order valence-corrected chi connectivity index (χ0v) is 7.47. The molecule has 0 aromatic carbocycles. The lowest BCUT2D eigenvalue weighted by Crippen LogP contribution is -2.12. The first-order valence-electron chi connectivity index (χ1n) is 3.65. The quantitative estimate of drug-likeness (QED) is 0.677. The second-order valence-corrected chi connectivity index (χ2v) is 2.93. The lowest BCUT2D eigenvalue weighted by molar-refractivity contribution is 0.458. The third kappa shape index (κ3) is 2.01. The molecule has 1 rings (SSSR count). The first-order chi connectivity index (χ1) is 5.27.